The average Bonchev–Trinajstić information content (AvgIpc) is 3.37. The van der Waals surface area contributed by atoms with Crippen LogP contribution in [0.1, 0.15) is 67.6 Å². The molecule has 0 unspecified atom stereocenters. The van der Waals surface area contributed by atoms with Gasteiger partial charge in [0, 0.05) is 54.9 Å². The molecule has 0 aliphatic carbocycles. The van der Waals surface area contributed by atoms with Gasteiger partial charge in [-0.25, -0.2) is 9.50 Å². The third-order valence-electron chi connectivity index (χ3n) is 7.97. The van der Waals surface area contributed by atoms with Crippen LogP contribution >= 0.6 is 0 Å². The van der Waals surface area contributed by atoms with E-state index in [0.29, 0.717) is 36.3 Å². The van der Waals surface area contributed by atoms with Crippen molar-refractivity contribution < 1.29 is 9.59 Å². The zero-order valence-electron chi connectivity index (χ0n) is 21.7. The van der Waals surface area contributed by atoms with Crippen molar-refractivity contribution in [1.29, 1.82) is 0 Å². The first-order chi connectivity index (χ1) is 18.4. The molecule has 2 aromatic carbocycles. The minimum absolute atomic E-state index is 0.0491. The van der Waals surface area contributed by atoms with Gasteiger partial charge in [0.15, 0.2) is 5.65 Å². The Morgan fingerprint density at radius 3 is 2.26 bits per heavy atom. The van der Waals surface area contributed by atoms with E-state index in [2.05, 4.69) is 5.10 Å². The molecule has 2 aromatic heterocycles. The molecule has 1 N–H and O–H groups in total. The van der Waals surface area contributed by atoms with Gasteiger partial charge in [-0.2, -0.15) is 0 Å². The zero-order valence-corrected chi connectivity index (χ0v) is 21.7. The number of aryl methyl sites for hydroxylation is 2. The first kappa shape index (κ1) is 24.2. The molecule has 2 amide bonds. The number of nitrogens with zero attached hydrogens (tertiary/aromatic N) is 4. The molecule has 2 aliphatic rings. The molecule has 6 rings (SSSR count). The molecule has 0 saturated carbocycles. The Labute approximate surface area is 220 Å². The van der Waals surface area contributed by atoms with E-state index in [-0.39, 0.29) is 29.8 Å². The molecule has 4 heterocycles. The summed E-state index contributed by atoms with van der Waals surface area (Å²) in [6.07, 6.45) is 2.37. The molecule has 4 aromatic rings. The van der Waals surface area contributed by atoms with Gasteiger partial charge >= 0.3 is 0 Å². The molecule has 1 atom stereocenters. The van der Waals surface area contributed by atoms with Crippen LogP contribution in [-0.4, -0.2) is 55.8 Å². The molecule has 0 radical (unpaired) electrons. The van der Waals surface area contributed by atoms with Crippen molar-refractivity contribution in [2.75, 3.05) is 19.6 Å². The van der Waals surface area contributed by atoms with Crippen LogP contribution in [0.2, 0.25) is 0 Å². The number of rotatable bonds is 3. The van der Waals surface area contributed by atoms with Crippen molar-refractivity contribution in [3.63, 3.8) is 0 Å². The summed E-state index contributed by atoms with van der Waals surface area (Å²) >= 11 is 0. The van der Waals surface area contributed by atoms with Crippen molar-refractivity contribution in [2.24, 2.45) is 0 Å². The summed E-state index contributed by atoms with van der Waals surface area (Å²) in [4.78, 5) is 48.4. The minimum atomic E-state index is -0.165. The van der Waals surface area contributed by atoms with Crippen LogP contribution in [0.15, 0.2) is 59.4 Å². The molecule has 1 fully saturated rings. The maximum atomic E-state index is 13.5. The summed E-state index contributed by atoms with van der Waals surface area (Å²) in [5, 5.41) is 3.28. The topological polar surface area (TPSA) is 90.8 Å². The van der Waals surface area contributed by atoms with Gasteiger partial charge in [-0.3, -0.25) is 19.5 Å². The minimum Gasteiger partial charge on any atom is -0.338 e. The van der Waals surface area contributed by atoms with Crippen LogP contribution in [0.3, 0.4) is 0 Å². The molecule has 8 heteroatoms. The van der Waals surface area contributed by atoms with Crippen LogP contribution in [-0.2, 0) is 13.0 Å². The predicted octanol–water partition coefficient (Wildman–Crippen LogP) is 3.86. The third kappa shape index (κ3) is 4.20. The van der Waals surface area contributed by atoms with E-state index in [0.717, 1.165) is 47.5 Å². The highest BCUT2D eigenvalue weighted by Gasteiger charge is 2.30. The van der Waals surface area contributed by atoms with Crippen LogP contribution < -0.4 is 5.56 Å². The Balaban J connectivity index is 1.26. The lowest BCUT2D eigenvalue weighted by molar-refractivity contribution is 0.0703. The van der Waals surface area contributed by atoms with Gasteiger partial charge in [0.2, 0.25) is 0 Å². The Hall–Kier alpha value is -4.20. The average molecular weight is 510 g/mol. The van der Waals surface area contributed by atoms with Crippen molar-refractivity contribution >= 4 is 17.5 Å². The van der Waals surface area contributed by atoms with Crippen LogP contribution in [0.25, 0.3) is 5.65 Å². The molecular formula is C30H31N5O3. The number of H-pyrrole nitrogens is 1. The monoisotopic (exact) mass is 509 g/mol. The molecule has 1 saturated heterocycles. The van der Waals surface area contributed by atoms with Crippen molar-refractivity contribution in [3.05, 3.63) is 104 Å². The number of aromatic amines is 1. The zero-order chi connectivity index (χ0) is 26.4. The second kappa shape index (κ2) is 9.59. The van der Waals surface area contributed by atoms with Gasteiger partial charge in [0.1, 0.15) is 0 Å². The first-order valence-corrected chi connectivity index (χ1v) is 13.2. The van der Waals surface area contributed by atoms with Gasteiger partial charge in [0.05, 0.1) is 17.8 Å². The highest BCUT2D eigenvalue weighted by atomic mass is 16.2. The highest BCUT2D eigenvalue weighted by molar-refractivity contribution is 5.96. The lowest BCUT2D eigenvalue weighted by Gasteiger charge is -2.32. The fraction of sp³-hybridized carbons (Fsp3) is 0.333. The Kier molecular flexibility index (Phi) is 6.10. The number of carbonyl (C=O) groups is 2. The number of nitrogens with one attached hydrogen (secondary N) is 1. The fourth-order valence-electron chi connectivity index (χ4n) is 5.76. The van der Waals surface area contributed by atoms with E-state index >= 15 is 0 Å². The SMILES string of the molecule is Cc1ccccc1C(=O)N1CCc2nc3cc([C@H]4CCCN(C(=O)c5ccccc5C)C4)[nH]n3c(=O)c2C1. The number of hydrogen-bond acceptors (Lipinski definition) is 4. The molecule has 8 nitrogen and oxygen atoms in total. The maximum Gasteiger partial charge on any atom is 0.277 e. The standard InChI is InChI=1S/C30H31N5O3/c1-19-8-3-5-11-22(19)28(36)33-14-7-10-21(17-33)26-16-27-31-25-13-15-34(18-24(25)30(38)35(27)32-26)29(37)23-12-6-4-9-20(23)2/h3-6,8-9,11-12,16,21,32H,7,10,13-15,17-18H2,1-2H3/t21-/m0/s1. The molecule has 0 bridgehead atoms. The molecule has 0 spiro atoms. The number of aromatic nitrogens is 3. The smallest absolute Gasteiger partial charge is 0.277 e. The highest BCUT2D eigenvalue weighted by Crippen LogP contribution is 2.28. The Bertz CT molecular complexity index is 1620. The first-order valence-electron chi connectivity index (χ1n) is 13.2. The maximum absolute atomic E-state index is 13.5. The number of carbonyl (C=O) groups excluding carboxylic acids is 2. The van der Waals surface area contributed by atoms with Crippen LogP contribution in [0.4, 0.5) is 0 Å². The summed E-state index contributed by atoms with van der Waals surface area (Å²) in [5.41, 5.74) is 5.94. The molecule has 38 heavy (non-hydrogen) atoms. The lowest BCUT2D eigenvalue weighted by atomic mass is 9.94. The van der Waals surface area contributed by atoms with E-state index in [1.165, 1.54) is 4.52 Å². The number of hydrogen-bond donors (Lipinski definition) is 1. The number of benzene rings is 2. The van der Waals surface area contributed by atoms with Crippen LogP contribution in [0, 0.1) is 13.8 Å². The normalized spacial score (nSPS) is 17.5. The number of likely N-dealkylation sites (tertiary alicyclic amines) is 1. The fourth-order valence-corrected chi connectivity index (χ4v) is 5.76. The number of amides is 2. The van der Waals surface area contributed by atoms with Gasteiger partial charge < -0.3 is 9.80 Å². The Morgan fingerprint density at radius 1 is 0.921 bits per heavy atom. The second-order valence-corrected chi connectivity index (χ2v) is 10.4. The largest absolute Gasteiger partial charge is 0.338 e. The third-order valence-corrected chi connectivity index (χ3v) is 7.97. The van der Waals surface area contributed by atoms with Crippen molar-refractivity contribution in [2.45, 2.75) is 45.6 Å². The van der Waals surface area contributed by atoms with E-state index < -0.39 is 0 Å². The predicted molar refractivity (Wildman–Crippen MR) is 144 cm³/mol. The molecular weight excluding hydrogens is 478 g/mol. The van der Waals surface area contributed by atoms with E-state index in [1.54, 1.807) is 4.90 Å². The lowest BCUT2D eigenvalue weighted by Crippen LogP contribution is -2.40. The van der Waals surface area contributed by atoms with Gasteiger partial charge in [-0.1, -0.05) is 36.4 Å². The van der Waals surface area contributed by atoms with E-state index in [1.807, 2.05) is 73.3 Å². The quantitative estimate of drug-likeness (QED) is 0.454. The van der Waals surface area contributed by atoms with Crippen molar-refractivity contribution in [1.82, 2.24) is 24.4 Å². The van der Waals surface area contributed by atoms with Crippen LogP contribution in [0.5, 0.6) is 0 Å². The summed E-state index contributed by atoms with van der Waals surface area (Å²) < 4.78 is 1.50. The summed E-state index contributed by atoms with van der Waals surface area (Å²) in [7, 11) is 0. The number of fused-ring (bicyclic) bond motifs is 2. The van der Waals surface area contributed by atoms with Gasteiger partial charge in [-0.05, 0) is 49.9 Å². The Morgan fingerprint density at radius 2 is 1.58 bits per heavy atom. The molecule has 194 valence electrons. The summed E-state index contributed by atoms with van der Waals surface area (Å²) in [6.45, 7) is 5.97. The number of piperidine rings is 1. The summed E-state index contributed by atoms with van der Waals surface area (Å²) in [6, 6.07) is 17.2. The van der Waals surface area contributed by atoms with Crippen molar-refractivity contribution in [3.8, 4) is 0 Å². The molecule has 2 aliphatic heterocycles. The van der Waals surface area contributed by atoms with E-state index in [4.69, 9.17) is 4.98 Å². The van der Waals surface area contributed by atoms with Gasteiger partial charge in [0.25, 0.3) is 17.4 Å². The van der Waals surface area contributed by atoms with Gasteiger partial charge in [-0.15, -0.1) is 0 Å². The van der Waals surface area contributed by atoms with E-state index in [9.17, 15) is 14.4 Å². The second-order valence-electron chi connectivity index (χ2n) is 10.4. The summed E-state index contributed by atoms with van der Waals surface area (Å²) in [5.74, 6) is 0.0769.